The first kappa shape index (κ1) is 20.3. The van der Waals surface area contributed by atoms with Crippen molar-refractivity contribution in [2.24, 2.45) is 0 Å². The third-order valence-electron chi connectivity index (χ3n) is 3.87. The van der Waals surface area contributed by atoms with Gasteiger partial charge in [-0.3, -0.25) is 4.79 Å². The number of nitrogens with zero attached hydrogens (tertiary/aromatic N) is 1. The molecular formula is C21H21ClN2O3. The molecule has 0 aliphatic heterocycles. The highest BCUT2D eigenvalue weighted by Crippen LogP contribution is 2.34. The Morgan fingerprint density at radius 3 is 2.70 bits per heavy atom. The Labute approximate surface area is 164 Å². The zero-order valence-corrected chi connectivity index (χ0v) is 16.2. The SMILES string of the molecule is CCC(C)Oc1c(/C=C(\C#N)C(=O)Nc2cccc(Cl)c2)cccc1OC. The lowest BCUT2D eigenvalue weighted by molar-refractivity contribution is -0.112. The molecule has 2 aromatic rings. The summed E-state index contributed by atoms with van der Waals surface area (Å²) in [6.07, 6.45) is 2.25. The molecule has 1 amide bonds. The second-order valence-corrected chi connectivity index (χ2v) is 6.29. The molecular weight excluding hydrogens is 364 g/mol. The monoisotopic (exact) mass is 384 g/mol. The first-order chi connectivity index (χ1) is 13.0. The molecule has 1 N–H and O–H groups in total. The number of amides is 1. The number of nitriles is 1. The van der Waals surface area contributed by atoms with Crippen LogP contribution in [0.25, 0.3) is 6.08 Å². The van der Waals surface area contributed by atoms with Crippen molar-refractivity contribution >= 4 is 29.3 Å². The van der Waals surface area contributed by atoms with Gasteiger partial charge in [-0.05, 0) is 43.7 Å². The van der Waals surface area contributed by atoms with Gasteiger partial charge in [0, 0.05) is 16.3 Å². The molecule has 1 unspecified atom stereocenters. The Balaban J connectivity index is 2.36. The number of hydrogen-bond donors (Lipinski definition) is 1. The van der Waals surface area contributed by atoms with Crippen LogP contribution in [0.5, 0.6) is 11.5 Å². The van der Waals surface area contributed by atoms with Crippen LogP contribution in [-0.4, -0.2) is 19.1 Å². The van der Waals surface area contributed by atoms with Gasteiger partial charge in [0.05, 0.1) is 13.2 Å². The number of para-hydroxylation sites is 1. The summed E-state index contributed by atoms with van der Waals surface area (Å²) in [4.78, 5) is 12.5. The van der Waals surface area contributed by atoms with Crippen LogP contribution in [0.3, 0.4) is 0 Å². The Bertz CT molecular complexity index is 887. The van der Waals surface area contributed by atoms with Crippen LogP contribution < -0.4 is 14.8 Å². The highest BCUT2D eigenvalue weighted by molar-refractivity contribution is 6.31. The van der Waals surface area contributed by atoms with E-state index in [-0.39, 0.29) is 11.7 Å². The molecule has 0 aliphatic carbocycles. The molecule has 5 nitrogen and oxygen atoms in total. The van der Waals surface area contributed by atoms with Crippen LogP contribution in [0.2, 0.25) is 5.02 Å². The number of rotatable bonds is 7. The number of halogens is 1. The summed E-state index contributed by atoms with van der Waals surface area (Å²) in [5, 5.41) is 12.6. The summed E-state index contributed by atoms with van der Waals surface area (Å²) in [5.41, 5.74) is 1.04. The molecule has 0 saturated heterocycles. The molecule has 0 spiro atoms. The van der Waals surface area contributed by atoms with E-state index in [9.17, 15) is 10.1 Å². The molecule has 0 heterocycles. The molecule has 0 bridgehead atoms. The largest absolute Gasteiger partial charge is 0.493 e. The van der Waals surface area contributed by atoms with Crippen molar-refractivity contribution in [2.45, 2.75) is 26.4 Å². The minimum absolute atomic E-state index is 0.0423. The van der Waals surface area contributed by atoms with Gasteiger partial charge in [-0.2, -0.15) is 5.26 Å². The highest BCUT2D eigenvalue weighted by atomic mass is 35.5. The minimum atomic E-state index is -0.530. The normalized spacial score (nSPS) is 12.0. The van der Waals surface area contributed by atoms with Gasteiger partial charge in [-0.25, -0.2) is 0 Å². The number of benzene rings is 2. The molecule has 27 heavy (non-hydrogen) atoms. The van der Waals surface area contributed by atoms with Crippen molar-refractivity contribution in [3.63, 3.8) is 0 Å². The summed E-state index contributed by atoms with van der Waals surface area (Å²) < 4.78 is 11.3. The zero-order chi connectivity index (χ0) is 19.8. The molecule has 2 aromatic carbocycles. The molecule has 140 valence electrons. The van der Waals surface area contributed by atoms with Crippen molar-refractivity contribution in [3.05, 3.63) is 58.6 Å². The summed E-state index contributed by atoms with van der Waals surface area (Å²) in [6, 6.07) is 14.0. The molecule has 0 saturated carbocycles. The van der Waals surface area contributed by atoms with Crippen LogP contribution in [0.4, 0.5) is 5.69 Å². The Morgan fingerprint density at radius 2 is 2.07 bits per heavy atom. The lowest BCUT2D eigenvalue weighted by Crippen LogP contribution is -2.14. The van der Waals surface area contributed by atoms with E-state index >= 15 is 0 Å². The minimum Gasteiger partial charge on any atom is -0.493 e. The Hall–Kier alpha value is -2.97. The molecule has 1 atom stereocenters. The fraction of sp³-hybridized carbons (Fsp3) is 0.238. The number of methoxy groups -OCH3 is 1. The van der Waals surface area contributed by atoms with Crippen LogP contribution in [0.1, 0.15) is 25.8 Å². The summed E-state index contributed by atoms with van der Waals surface area (Å²) in [5.74, 6) is 0.506. The lowest BCUT2D eigenvalue weighted by Gasteiger charge is -2.17. The van der Waals surface area contributed by atoms with Crippen molar-refractivity contribution in [1.82, 2.24) is 0 Å². The fourth-order valence-corrected chi connectivity index (χ4v) is 2.48. The van der Waals surface area contributed by atoms with Gasteiger partial charge < -0.3 is 14.8 Å². The van der Waals surface area contributed by atoms with E-state index in [4.69, 9.17) is 21.1 Å². The van der Waals surface area contributed by atoms with E-state index in [2.05, 4.69) is 5.32 Å². The third-order valence-corrected chi connectivity index (χ3v) is 4.11. The molecule has 0 aromatic heterocycles. The maximum absolute atomic E-state index is 12.5. The van der Waals surface area contributed by atoms with Crippen molar-refractivity contribution in [1.29, 1.82) is 5.26 Å². The smallest absolute Gasteiger partial charge is 0.266 e. The fourth-order valence-electron chi connectivity index (χ4n) is 2.29. The van der Waals surface area contributed by atoms with Gasteiger partial charge in [-0.1, -0.05) is 36.7 Å². The second kappa shape index (κ2) is 9.65. The topological polar surface area (TPSA) is 71.3 Å². The van der Waals surface area contributed by atoms with E-state index in [1.165, 1.54) is 6.08 Å². The molecule has 0 aliphatic rings. The van der Waals surface area contributed by atoms with Crippen molar-refractivity contribution in [3.8, 4) is 17.6 Å². The van der Waals surface area contributed by atoms with E-state index in [0.717, 1.165) is 6.42 Å². The molecule has 2 rings (SSSR count). The number of carbonyl (C=O) groups excluding carboxylic acids is 1. The predicted molar refractivity (Wildman–Crippen MR) is 107 cm³/mol. The summed E-state index contributed by atoms with van der Waals surface area (Å²) >= 11 is 5.93. The average molecular weight is 385 g/mol. The van der Waals surface area contributed by atoms with Gasteiger partial charge in [0.25, 0.3) is 5.91 Å². The van der Waals surface area contributed by atoms with Crippen LogP contribution >= 0.6 is 11.6 Å². The van der Waals surface area contributed by atoms with Gasteiger partial charge in [0.1, 0.15) is 11.6 Å². The van der Waals surface area contributed by atoms with E-state index in [1.807, 2.05) is 19.9 Å². The van der Waals surface area contributed by atoms with Crippen LogP contribution in [-0.2, 0) is 4.79 Å². The molecule has 0 fully saturated rings. The van der Waals surface area contributed by atoms with Gasteiger partial charge >= 0.3 is 0 Å². The number of hydrogen-bond acceptors (Lipinski definition) is 4. The first-order valence-electron chi connectivity index (χ1n) is 8.50. The van der Waals surface area contributed by atoms with Gasteiger partial charge in [0.15, 0.2) is 11.5 Å². The summed E-state index contributed by atoms with van der Waals surface area (Å²) in [6.45, 7) is 3.95. The molecule has 0 radical (unpaired) electrons. The van der Waals surface area contributed by atoms with E-state index in [0.29, 0.717) is 27.8 Å². The standard InChI is InChI=1S/C21H21ClN2O3/c1-4-14(2)27-20-15(7-5-10-19(20)26-3)11-16(13-23)21(25)24-18-9-6-8-17(22)12-18/h5-12,14H,4H2,1-3H3,(H,24,25)/b16-11+. The second-order valence-electron chi connectivity index (χ2n) is 5.85. The lowest BCUT2D eigenvalue weighted by atomic mass is 10.1. The Morgan fingerprint density at radius 1 is 1.33 bits per heavy atom. The Kier molecular flexibility index (Phi) is 7.27. The maximum Gasteiger partial charge on any atom is 0.266 e. The van der Waals surface area contributed by atoms with Crippen LogP contribution in [0, 0.1) is 11.3 Å². The van der Waals surface area contributed by atoms with Gasteiger partial charge in [0.2, 0.25) is 0 Å². The zero-order valence-electron chi connectivity index (χ0n) is 15.5. The summed E-state index contributed by atoms with van der Waals surface area (Å²) in [7, 11) is 1.54. The predicted octanol–water partition coefficient (Wildman–Crippen LogP) is 5.07. The quantitative estimate of drug-likeness (QED) is 0.534. The number of ether oxygens (including phenoxy) is 2. The number of nitrogens with one attached hydrogen (secondary N) is 1. The third kappa shape index (κ3) is 5.50. The molecule has 6 heteroatoms. The van der Waals surface area contributed by atoms with Crippen molar-refractivity contribution in [2.75, 3.05) is 12.4 Å². The van der Waals surface area contributed by atoms with E-state index < -0.39 is 5.91 Å². The average Bonchev–Trinajstić information content (AvgIpc) is 2.66. The number of carbonyl (C=O) groups is 1. The van der Waals surface area contributed by atoms with E-state index in [1.54, 1.807) is 49.6 Å². The van der Waals surface area contributed by atoms with Crippen molar-refractivity contribution < 1.29 is 14.3 Å². The van der Waals surface area contributed by atoms with Gasteiger partial charge in [-0.15, -0.1) is 0 Å². The number of anilines is 1. The maximum atomic E-state index is 12.5. The first-order valence-corrected chi connectivity index (χ1v) is 8.88. The highest BCUT2D eigenvalue weighted by Gasteiger charge is 2.15. The van der Waals surface area contributed by atoms with Crippen LogP contribution in [0.15, 0.2) is 48.0 Å².